The van der Waals surface area contributed by atoms with Gasteiger partial charge in [-0.2, -0.15) is 0 Å². The lowest BCUT2D eigenvalue weighted by molar-refractivity contribution is -0.134. The van der Waals surface area contributed by atoms with E-state index in [1.165, 1.54) is 22.3 Å². The Labute approximate surface area is 256 Å². The number of aryl methyl sites for hydroxylation is 2. The van der Waals surface area contributed by atoms with Crippen LogP contribution in [0.1, 0.15) is 89.3 Å². The second-order valence-corrected chi connectivity index (χ2v) is 11.1. The summed E-state index contributed by atoms with van der Waals surface area (Å²) in [6.07, 6.45) is 5.13. The van der Waals surface area contributed by atoms with Crippen LogP contribution in [0.4, 0.5) is 5.69 Å². The van der Waals surface area contributed by atoms with Crippen LogP contribution in [0, 0.1) is 13.8 Å². The van der Waals surface area contributed by atoms with Crippen LogP contribution in [-0.4, -0.2) is 18.4 Å². The van der Waals surface area contributed by atoms with Crippen LogP contribution in [0.2, 0.25) is 0 Å². The highest BCUT2D eigenvalue weighted by molar-refractivity contribution is 5.96. The number of anilines is 1. The van der Waals surface area contributed by atoms with Gasteiger partial charge < -0.3 is 15.4 Å². The Morgan fingerprint density at radius 3 is 1.86 bits per heavy atom. The number of para-hydroxylation sites is 1. The van der Waals surface area contributed by atoms with Crippen molar-refractivity contribution >= 4 is 17.6 Å². The Kier molecular flexibility index (Phi) is 11.5. The van der Waals surface area contributed by atoms with Crippen molar-refractivity contribution in [2.24, 2.45) is 0 Å². The van der Waals surface area contributed by atoms with E-state index in [-0.39, 0.29) is 24.3 Å². The maximum atomic E-state index is 13.1. The highest BCUT2D eigenvalue weighted by Crippen LogP contribution is 2.31. The molecule has 224 valence electrons. The Bertz CT molecular complexity index is 1430. The summed E-state index contributed by atoms with van der Waals surface area (Å²) >= 11 is 0. The van der Waals surface area contributed by atoms with Crippen molar-refractivity contribution in [2.75, 3.05) is 11.9 Å². The Hall–Kier alpha value is -4.38. The molecule has 0 unspecified atom stereocenters. The molecule has 1 amide bonds. The number of carbonyl (C=O) groups excluding carboxylic acids is 2. The quantitative estimate of drug-likeness (QED) is 0.0897. The van der Waals surface area contributed by atoms with Gasteiger partial charge in [0.1, 0.15) is 5.75 Å². The number of hydrogen-bond donors (Lipinski definition) is 2. The first-order valence-corrected chi connectivity index (χ1v) is 15.5. The van der Waals surface area contributed by atoms with E-state index in [4.69, 9.17) is 4.74 Å². The zero-order valence-electron chi connectivity index (χ0n) is 25.9. The number of nitrogens with one attached hydrogen (secondary N) is 2. The van der Waals surface area contributed by atoms with E-state index in [1.54, 1.807) is 12.1 Å². The molecule has 0 aliphatic heterocycles. The summed E-state index contributed by atoms with van der Waals surface area (Å²) in [5.41, 5.74) is 8.70. The summed E-state index contributed by atoms with van der Waals surface area (Å²) < 4.78 is 5.32. The zero-order chi connectivity index (χ0) is 30.6. The number of amides is 1. The lowest BCUT2D eigenvalue weighted by Gasteiger charge is -2.24. The van der Waals surface area contributed by atoms with Crippen LogP contribution in [0.25, 0.3) is 0 Å². The number of hydrogen-bond acceptors (Lipinski definition) is 4. The third-order valence-corrected chi connectivity index (χ3v) is 7.85. The van der Waals surface area contributed by atoms with Gasteiger partial charge in [0.25, 0.3) is 5.91 Å². The summed E-state index contributed by atoms with van der Waals surface area (Å²) in [6.45, 7) is 8.84. The zero-order valence-corrected chi connectivity index (χ0v) is 25.9. The van der Waals surface area contributed by atoms with Gasteiger partial charge in [0, 0.05) is 24.2 Å². The molecule has 4 aromatic carbocycles. The van der Waals surface area contributed by atoms with Gasteiger partial charge in [-0.25, -0.2) is 0 Å². The summed E-state index contributed by atoms with van der Waals surface area (Å²) in [6, 6.07) is 30.7. The topological polar surface area (TPSA) is 67.4 Å². The molecule has 5 nitrogen and oxygen atoms in total. The van der Waals surface area contributed by atoms with Crippen LogP contribution in [0.3, 0.4) is 0 Å². The first-order valence-electron chi connectivity index (χ1n) is 15.5. The van der Waals surface area contributed by atoms with Gasteiger partial charge in [0.05, 0.1) is 6.04 Å². The van der Waals surface area contributed by atoms with Gasteiger partial charge in [-0.05, 0) is 90.8 Å². The molecular weight excluding hydrogens is 532 g/mol. The first-order chi connectivity index (χ1) is 20.9. The minimum atomic E-state index is -0.308. The fourth-order valence-electron chi connectivity index (χ4n) is 5.27. The molecule has 0 bridgehead atoms. The van der Waals surface area contributed by atoms with Crippen LogP contribution < -0.4 is 15.4 Å². The maximum Gasteiger partial charge on any atom is 0.311 e. The van der Waals surface area contributed by atoms with E-state index < -0.39 is 0 Å². The molecule has 0 aromatic heterocycles. The van der Waals surface area contributed by atoms with Gasteiger partial charge in [0.2, 0.25) is 0 Å². The molecule has 0 aliphatic rings. The summed E-state index contributed by atoms with van der Waals surface area (Å²) in [7, 11) is 0. The van der Waals surface area contributed by atoms with E-state index in [2.05, 4.69) is 79.9 Å². The predicted molar refractivity (Wildman–Crippen MR) is 176 cm³/mol. The highest BCUT2D eigenvalue weighted by atomic mass is 16.5. The average molecular weight is 577 g/mol. The number of carbonyl (C=O) groups is 2. The van der Waals surface area contributed by atoms with Crippen molar-refractivity contribution in [1.82, 2.24) is 5.32 Å². The van der Waals surface area contributed by atoms with Crippen LogP contribution in [-0.2, 0) is 17.6 Å². The molecule has 2 N–H and O–H groups in total. The third-order valence-electron chi connectivity index (χ3n) is 7.85. The summed E-state index contributed by atoms with van der Waals surface area (Å²) in [4.78, 5) is 25.2. The largest absolute Gasteiger partial charge is 0.427 e. The molecule has 0 atom stereocenters. The van der Waals surface area contributed by atoms with Gasteiger partial charge in [-0.3, -0.25) is 9.59 Å². The van der Waals surface area contributed by atoms with Gasteiger partial charge >= 0.3 is 5.97 Å². The number of benzene rings is 4. The lowest BCUT2D eigenvalue weighted by Crippen LogP contribution is -2.26. The van der Waals surface area contributed by atoms with E-state index in [0.717, 1.165) is 42.5 Å². The second-order valence-electron chi connectivity index (χ2n) is 11.1. The molecule has 0 radical (unpaired) electrons. The van der Waals surface area contributed by atoms with Gasteiger partial charge in [-0.15, -0.1) is 0 Å². The molecule has 4 aromatic rings. The fourth-order valence-corrected chi connectivity index (χ4v) is 5.27. The molecule has 0 heterocycles. The molecule has 0 fully saturated rings. The minimum absolute atomic E-state index is 0.0280. The van der Waals surface area contributed by atoms with Crippen molar-refractivity contribution in [3.63, 3.8) is 0 Å². The number of ether oxygens (including phenoxy) is 1. The standard InChI is InChI=1S/C38H44N2O3/c1-5-11-29-16-20-31(21-17-29)37(32-22-18-30(12-6-2)19-23-32)40-35-25-24-34(27(3)28(35)4)38(42)39-26-10-15-36(41)43-33-13-8-7-9-14-33/h7-9,13-14,16-25,37,40H,5-6,10-12,15,26H2,1-4H3,(H,39,42). The molecule has 0 aliphatic carbocycles. The molecule has 0 saturated carbocycles. The number of rotatable bonds is 14. The highest BCUT2D eigenvalue weighted by Gasteiger charge is 2.18. The van der Waals surface area contributed by atoms with Gasteiger partial charge in [-0.1, -0.05) is 93.4 Å². The minimum Gasteiger partial charge on any atom is -0.427 e. The Balaban J connectivity index is 1.44. The Morgan fingerprint density at radius 1 is 0.721 bits per heavy atom. The number of esters is 1. The lowest BCUT2D eigenvalue weighted by atomic mass is 9.94. The molecule has 4 rings (SSSR count). The molecule has 5 heteroatoms. The van der Waals surface area contributed by atoms with Gasteiger partial charge in [0.15, 0.2) is 0 Å². The Morgan fingerprint density at radius 2 is 1.30 bits per heavy atom. The first kappa shape index (κ1) is 31.6. The van der Waals surface area contributed by atoms with Crippen LogP contribution in [0.15, 0.2) is 91.0 Å². The molecule has 0 spiro atoms. The predicted octanol–water partition coefficient (Wildman–Crippen LogP) is 8.53. The third kappa shape index (κ3) is 8.81. The monoisotopic (exact) mass is 576 g/mol. The van der Waals surface area contributed by atoms with Crippen molar-refractivity contribution in [3.8, 4) is 5.75 Å². The summed E-state index contributed by atoms with van der Waals surface area (Å²) in [5.74, 6) is 0.0798. The van der Waals surface area contributed by atoms with E-state index in [0.29, 0.717) is 24.3 Å². The van der Waals surface area contributed by atoms with Crippen LogP contribution >= 0.6 is 0 Å². The second kappa shape index (κ2) is 15.7. The average Bonchev–Trinajstić information content (AvgIpc) is 3.02. The van der Waals surface area contributed by atoms with E-state index in [1.807, 2.05) is 37.3 Å². The molecular formula is C38H44N2O3. The van der Waals surface area contributed by atoms with Crippen LogP contribution in [0.5, 0.6) is 5.75 Å². The van der Waals surface area contributed by atoms with Crippen molar-refractivity contribution in [1.29, 1.82) is 0 Å². The normalized spacial score (nSPS) is 10.9. The van der Waals surface area contributed by atoms with E-state index in [9.17, 15) is 9.59 Å². The maximum absolute atomic E-state index is 13.1. The van der Waals surface area contributed by atoms with Crippen molar-refractivity contribution < 1.29 is 14.3 Å². The SMILES string of the molecule is CCCc1ccc(C(Nc2ccc(C(=O)NCCCC(=O)Oc3ccccc3)c(C)c2C)c2ccc(CCC)cc2)cc1. The van der Waals surface area contributed by atoms with Crippen molar-refractivity contribution in [2.45, 2.75) is 72.3 Å². The molecule has 0 saturated heterocycles. The fraction of sp³-hybridized carbons (Fsp3) is 0.316. The molecule has 43 heavy (non-hydrogen) atoms. The van der Waals surface area contributed by atoms with E-state index >= 15 is 0 Å². The summed E-state index contributed by atoms with van der Waals surface area (Å²) in [5, 5.41) is 6.75. The van der Waals surface area contributed by atoms with Crippen molar-refractivity contribution in [3.05, 3.63) is 130 Å². The smallest absolute Gasteiger partial charge is 0.311 e.